The van der Waals surface area contributed by atoms with Crippen LogP contribution < -0.4 is 20.5 Å². The van der Waals surface area contributed by atoms with E-state index in [1.54, 1.807) is 0 Å². The molecule has 3 rings (SSSR count). The van der Waals surface area contributed by atoms with Gasteiger partial charge in [0, 0.05) is 11.9 Å². The van der Waals surface area contributed by atoms with Crippen LogP contribution in [0.1, 0.15) is 26.4 Å². The molecule has 184 valence electrons. The molecule has 0 unspecified atom stereocenters. The predicted octanol–water partition coefficient (Wildman–Crippen LogP) is 5.28. The number of primary amides is 1. The second-order valence-electron chi connectivity index (χ2n) is 6.70. The van der Waals surface area contributed by atoms with E-state index in [2.05, 4.69) is 15.0 Å². The van der Waals surface area contributed by atoms with Gasteiger partial charge >= 0.3 is 12.5 Å². The summed E-state index contributed by atoms with van der Waals surface area (Å²) >= 11 is 0. The molecule has 0 aliphatic carbocycles. The molecule has 35 heavy (non-hydrogen) atoms. The number of pyridine rings is 1. The Labute approximate surface area is 191 Å². The van der Waals surface area contributed by atoms with Crippen molar-refractivity contribution in [3.05, 3.63) is 77.4 Å². The summed E-state index contributed by atoms with van der Waals surface area (Å²) in [6.45, 7) is 0. The fraction of sp³-hybridized carbons (Fsp3) is 0.0952. The quantitative estimate of drug-likeness (QED) is 0.446. The average molecular weight is 503 g/mol. The van der Waals surface area contributed by atoms with Gasteiger partial charge in [0.15, 0.2) is 0 Å². The van der Waals surface area contributed by atoms with Crippen molar-refractivity contribution >= 4 is 17.5 Å². The Morgan fingerprint density at radius 1 is 0.914 bits per heavy atom. The summed E-state index contributed by atoms with van der Waals surface area (Å²) in [5.74, 6) is -5.52. The Hall–Kier alpha value is -4.36. The fourth-order valence-electron chi connectivity index (χ4n) is 2.71. The van der Waals surface area contributed by atoms with Gasteiger partial charge in [0.2, 0.25) is 0 Å². The number of halogens is 7. The van der Waals surface area contributed by atoms with Crippen LogP contribution in [0.25, 0.3) is 0 Å². The van der Waals surface area contributed by atoms with Crippen LogP contribution >= 0.6 is 0 Å². The van der Waals surface area contributed by atoms with Crippen molar-refractivity contribution < 1.29 is 49.8 Å². The minimum atomic E-state index is -5.15. The second-order valence-corrected chi connectivity index (χ2v) is 6.70. The van der Waals surface area contributed by atoms with Gasteiger partial charge in [-0.15, -0.1) is 13.2 Å². The Balaban J connectivity index is 1.97. The van der Waals surface area contributed by atoms with Crippen LogP contribution in [-0.2, 0) is 6.18 Å². The number of hydrogen-bond acceptors (Lipinski definition) is 5. The number of nitrogens with zero attached hydrogens (tertiary/aromatic N) is 1. The smallest absolute Gasteiger partial charge is 0.457 e. The van der Waals surface area contributed by atoms with E-state index < -0.39 is 52.8 Å². The molecule has 0 bridgehead atoms. The highest BCUT2D eigenvalue weighted by Gasteiger charge is 2.36. The lowest BCUT2D eigenvalue weighted by Crippen LogP contribution is -2.17. The lowest BCUT2D eigenvalue weighted by atomic mass is 10.1. The number of nitrogens with one attached hydrogen (secondary N) is 1. The van der Waals surface area contributed by atoms with Gasteiger partial charge in [0.05, 0.1) is 11.1 Å². The van der Waals surface area contributed by atoms with E-state index in [1.165, 1.54) is 6.07 Å². The van der Waals surface area contributed by atoms with Gasteiger partial charge in [-0.25, -0.2) is 4.39 Å². The first-order chi connectivity index (χ1) is 16.2. The number of ether oxygens (including phenoxy) is 2. The van der Waals surface area contributed by atoms with Crippen LogP contribution in [0, 0.1) is 5.82 Å². The Kier molecular flexibility index (Phi) is 6.84. The van der Waals surface area contributed by atoms with E-state index in [4.69, 9.17) is 10.5 Å². The van der Waals surface area contributed by atoms with E-state index in [1.807, 2.05) is 0 Å². The summed E-state index contributed by atoms with van der Waals surface area (Å²) in [6.07, 6.45) is -9.01. The number of aromatic nitrogens is 1. The number of nitrogens with two attached hydrogens (primary N) is 1. The van der Waals surface area contributed by atoms with E-state index in [0.717, 1.165) is 36.5 Å². The first-order valence-electron chi connectivity index (χ1n) is 9.24. The van der Waals surface area contributed by atoms with Gasteiger partial charge in [-0.1, -0.05) is 0 Å². The first kappa shape index (κ1) is 25.3. The zero-order chi connectivity index (χ0) is 26.0. The van der Waals surface area contributed by atoms with E-state index in [-0.39, 0.29) is 29.3 Å². The summed E-state index contributed by atoms with van der Waals surface area (Å²) in [6, 6.07) is 6.31. The zero-order valence-electron chi connectivity index (χ0n) is 17.0. The van der Waals surface area contributed by atoms with Gasteiger partial charge in [-0.3, -0.25) is 14.6 Å². The minimum absolute atomic E-state index is 0.0429. The molecular weight excluding hydrogens is 491 g/mol. The molecule has 1 aromatic heterocycles. The minimum Gasteiger partial charge on any atom is -0.457 e. The summed E-state index contributed by atoms with van der Waals surface area (Å²) < 4.78 is 99.7. The third-order valence-corrected chi connectivity index (χ3v) is 4.17. The number of rotatable bonds is 6. The van der Waals surface area contributed by atoms with Crippen molar-refractivity contribution in [2.45, 2.75) is 12.5 Å². The van der Waals surface area contributed by atoms with Crippen LogP contribution in [0.15, 0.2) is 54.7 Å². The molecule has 3 N–H and O–H groups in total. The molecule has 0 spiro atoms. The fourth-order valence-corrected chi connectivity index (χ4v) is 2.71. The lowest BCUT2D eigenvalue weighted by molar-refractivity contribution is -0.274. The highest BCUT2D eigenvalue weighted by atomic mass is 19.4. The number of carbonyl (C=O) groups excluding carboxylic acids is 2. The Bertz CT molecular complexity index is 1260. The van der Waals surface area contributed by atoms with Crippen molar-refractivity contribution in [1.82, 2.24) is 4.98 Å². The van der Waals surface area contributed by atoms with Gasteiger partial charge in [-0.2, -0.15) is 13.2 Å². The monoisotopic (exact) mass is 503 g/mol. The van der Waals surface area contributed by atoms with Crippen LogP contribution in [0.4, 0.5) is 36.4 Å². The van der Waals surface area contributed by atoms with E-state index in [9.17, 15) is 40.3 Å². The molecule has 2 amide bonds. The normalized spacial score (nSPS) is 11.6. The summed E-state index contributed by atoms with van der Waals surface area (Å²) in [4.78, 5) is 27.6. The van der Waals surface area contributed by atoms with Gasteiger partial charge in [0.1, 0.15) is 28.8 Å². The molecule has 0 aliphatic heterocycles. The van der Waals surface area contributed by atoms with Crippen LogP contribution in [0.3, 0.4) is 0 Å². The van der Waals surface area contributed by atoms with Gasteiger partial charge in [0.25, 0.3) is 11.8 Å². The van der Waals surface area contributed by atoms with E-state index >= 15 is 0 Å². The molecule has 14 heteroatoms. The first-order valence-corrected chi connectivity index (χ1v) is 9.24. The number of alkyl halides is 6. The summed E-state index contributed by atoms with van der Waals surface area (Å²) in [5, 5.41) is 2.24. The highest BCUT2D eigenvalue weighted by molar-refractivity contribution is 6.06. The van der Waals surface area contributed by atoms with Crippen molar-refractivity contribution in [2.75, 3.05) is 5.32 Å². The molecule has 0 radical (unpaired) electrons. The lowest BCUT2D eigenvalue weighted by Gasteiger charge is -2.16. The standard InChI is InChI=1S/C21H12F7N3O4/c22-15-8-13(19(33)31-10-5-6-30-16(7-10)18(29)32)17(9-14(15)20(23,24)25)34-11-1-3-12(4-2-11)35-21(26,27)28/h1-9H,(H2,29,32)(H,30,31,33). The van der Waals surface area contributed by atoms with Crippen molar-refractivity contribution in [3.8, 4) is 17.2 Å². The second kappa shape index (κ2) is 9.48. The topological polar surface area (TPSA) is 104 Å². The molecule has 0 saturated carbocycles. The number of carbonyl (C=O) groups is 2. The van der Waals surface area contributed by atoms with Crippen molar-refractivity contribution in [2.24, 2.45) is 5.73 Å². The predicted molar refractivity (Wildman–Crippen MR) is 105 cm³/mol. The maximum atomic E-state index is 14.2. The summed E-state index contributed by atoms with van der Waals surface area (Å²) in [7, 11) is 0. The number of benzene rings is 2. The molecule has 1 heterocycles. The van der Waals surface area contributed by atoms with E-state index in [0.29, 0.717) is 0 Å². The zero-order valence-corrected chi connectivity index (χ0v) is 17.0. The molecule has 7 nitrogen and oxygen atoms in total. The molecule has 0 aliphatic rings. The molecule has 3 aromatic rings. The van der Waals surface area contributed by atoms with Crippen molar-refractivity contribution in [1.29, 1.82) is 0 Å². The molecule has 0 fully saturated rings. The molecule has 0 atom stereocenters. The summed E-state index contributed by atoms with van der Waals surface area (Å²) in [5.41, 5.74) is 2.37. The third-order valence-electron chi connectivity index (χ3n) is 4.17. The highest BCUT2D eigenvalue weighted by Crippen LogP contribution is 2.37. The molecule has 0 saturated heterocycles. The molecular formula is C21H12F7N3O4. The Morgan fingerprint density at radius 3 is 2.11 bits per heavy atom. The van der Waals surface area contributed by atoms with Crippen LogP contribution in [-0.4, -0.2) is 23.2 Å². The van der Waals surface area contributed by atoms with Crippen LogP contribution in [0.2, 0.25) is 0 Å². The Morgan fingerprint density at radius 2 is 1.54 bits per heavy atom. The third kappa shape index (κ3) is 6.59. The average Bonchev–Trinajstić information content (AvgIpc) is 2.74. The van der Waals surface area contributed by atoms with Crippen molar-refractivity contribution in [3.63, 3.8) is 0 Å². The number of hydrogen-bond donors (Lipinski definition) is 2. The van der Waals surface area contributed by atoms with Gasteiger partial charge in [-0.05, 0) is 48.5 Å². The number of anilines is 1. The van der Waals surface area contributed by atoms with Crippen LogP contribution in [0.5, 0.6) is 17.2 Å². The maximum absolute atomic E-state index is 14.2. The SMILES string of the molecule is NC(=O)c1cc(NC(=O)c2cc(F)c(C(F)(F)F)cc2Oc2ccc(OC(F)(F)F)cc2)ccn1. The van der Waals surface area contributed by atoms with Gasteiger partial charge < -0.3 is 20.5 Å². The largest absolute Gasteiger partial charge is 0.573 e. The number of amides is 2. The molecule has 2 aromatic carbocycles. The maximum Gasteiger partial charge on any atom is 0.573 e.